The molecule has 0 fully saturated rings. The van der Waals surface area contributed by atoms with Gasteiger partial charge in [0, 0.05) is 77.9 Å². The number of para-hydroxylation sites is 8. The first-order valence-electron chi connectivity index (χ1n) is 29.9. The van der Waals surface area contributed by atoms with E-state index in [1.165, 1.54) is 33.3 Å². The average molecular weight is 1160 g/mol. The molecule has 4 aromatic heterocycles. The fourth-order valence-corrected chi connectivity index (χ4v) is 13.8. The Balaban J connectivity index is 0.867. The lowest BCUT2D eigenvalue weighted by Crippen LogP contribution is -2.11. The molecule has 4 heterocycles. The van der Waals surface area contributed by atoms with Crippen LogP contribution in [0.25, 0.3) is 122 Å². The van der Waals surface area contributed by atoms with Crippen molar-refractivity contribution < 1.29 is 0 Å². The van der Waals surface area contributed by atoms with Crippen molar-refractivity contribution in [1.29, 1.82) is 0 Å². The van der Waals surface area contributed by atoms with Gasteiger partial charge in [0.1, 0.15) is 22.1 Å². The van der Waals surface area contributed by atoms with Gasteiger partial charge in [-0.25, -0.2) is 9.97 Å². The molecule has 0 atom stereocenters. The molecule has 0 amide bonds. The van der Waals surface area contributed by atoms with E-state index >= 15 is 0 Å². The average Bonchev–Trinajstić information content (AvgIpc) is 1.91. The molecule has 0 saturated heterocycles. The van der Waals surface area contributed by atoms with Crippen LogP contribution in [-0.2, 0) is 0 Å². The fourth-order valence-electron chi connectivity index (χ4n) is 13.3. The molecule has 0 aliphatic heterocycles. The molecule has 0 aliphatic carbocycles. The third-order valence-corrected chi connectivity index (χ3v) is 17.7. The van der Waals surface area contributed by atoms with Crippen LogP contribution in [0, 0.1) is 0 Å². The highest BCUT2D eigenvalue weighted by Crippen LogP contribution is 2.49. The van der Waals surface area contributed by atoms with Crippen molar-refractivity contribution in [2.45, 2.75) is 0 Å². The minimum absolute atomic E-state index is 0.735. The van der Waals surface area contributed by atoms with Crippen molar-refractivity contribution in [3.05, 3.63) is 315 Å². The van der Waals surface area contributed by atoms with Crippen LogP contribution in [0.1, 0.15) is 0 Å². The van der Waals surface area contributed by atoms with Crippen LogP contribution < -0.4 is 9.80 Å². The van der Waals surface area contributed by atoms with E-state index < -0.39 is 0 Å². The molecule has 0 N–H and O–H groups in total. The van der Waals surface area contributed by atoms with Crippen LogP contribution in [0.15, 0.2) is 315 Å². The second-order valence-electron chi connectivity index (χ2n) is 22.2. The first kappa shape index (κ1) is 51.6. The van der Waals surface area contributed by atoms with Gasteiger partial charge in [-0.05, 0) is 108 Å². The highest BCUT2D eigenvalue weighted by atomic mass is 32.1. The number of fused-ring (bicyclic) bond motifs is 8. The van der Waals surface area contributed by atoms with Crippen LogP contribution in [0.2, 0.25) is 0 Å². The zero-order valence-corrected chi connectivity index (χ0v) is 48.8. The maximum Gasteiger partial charge on any atom is 0.115 e. The van der Waals surface area contributed by atoms with E-state index in [4.69, 9.17) is 18.7 Å². The predicted octanol–water partition coefficient (Wildman–Crippen LogP) is 21.4. The highest BCUT2D eigenvalue weighted by Gasteiger charge is 2.28. The molecule has 9 heteroatoms. The van der Waals surface area contributed by atoms with Gasteiger partial charge in [-0.2, -0.15) is 8.75 Å². The second-order valence-corrected chi connectivity index (χ2v) is 22.7. The summed E-state index contributed by atoms with van der Waals surface area (Å²) in [5, 5.41) is 4.75. The molecular weight excluding hydrogens is 1110 g/mol. The normalized spacial score (nSPS) is 11.6. The Bertz CT molecular complexity index is 5120. The third-order valence-electron chi connectivity index (χ3n) is 17.1. The number of hydrogen-bond donors (Lipinski definition) is 0. The monoisotopic (exact) mass is 1160 g/mol. The minimum Gasteiger partial charge on any atom is -0.308 e. The Morgan fingerprint density at radius 3 is 0.978 bits per heavy atom. The smallest absolute Gasteiger partial charge is 0.115 e. The van der Waals surface area contributed by atoms with Gasteiger partial charge in [0.05, 0.1) is 56.6 Å². The third kappa shape index (κ3) is 8.66. The molecule has 0 aliphatic rings. The van der Waals surface area contributed by atoms with E-state index in [1.807, 2.05) is 12.1 Å². The number of anilines is 6. The maximum atomic E-state index is 5.82. The van der Waals surface area contributed by atoms with E-state index in [2.05, 4.69) is 322 Å². The van der Waals surface area contributed by atoms with Gasteiger partial charge >= 0.3 is 0 Å². The standard InChI is InChI=1S/C80H52N8S/c1-7-25-55(26-8-1)73-74(56-27-9-2-10-28-56)82-76-72(54-47-51-62(52-48-54)86(58-31-13-4-14-32-58)70-44-24-40-66-64-38-20-22-42-68(64)88(80(66)70)60-35-17-6-18-36-60)78-77(83-89-84-78)71(75(76)81-73)53-45-49-61(50-46-53)85(57-29-11-3-12-30-57)69-43-23-39-65-63-37-19-21-41-67(63)87(79(65)69)59-33-15-5-16-34-59/h1-52H. The van der Waals surface area contributed by atoms with E-state index in [9.17, 15) is 0 Å². The number of hydrogen-bond acceptors (Lipinski definition) is 7. The van der Waals surface area contributed by atoms with Gasteiger partial charge in [0.25, 0.3) is 0 Å². The zero-order valence-electron chi connectivity index (χ0n) is 48.0. The molecular formula is C80H52N8S. The molecule has 8 nitrogen and oxygen atoms in total. The lowest BCUT2D eigenvalue weighted by Gasteiger charge is -2.27. The van der Waals surface area contributed by atoms with Gasteiger partial charge in [-0.1, -0.05) is 218 Å². The van der Waals surface area contributed by atoms with Gasteiger partial charge in [0.15, 0.2) is 0 Å². The van der Waals surface area contributed by atoms with Crippen LogP contribution in [-0.4, -0.2) is 27.8 Å². The van der Waals surface area contributed by atoms with Crippen molar-refractivity contribution in [1.82, 2.24) is 27.8 Å². The summed E-state index contributed by atoms with van der Waals surface area (Å²) in [6, 6.07) is 112. The molecule has 0 bridgehead atoms. The first-order valence-corrected chi connectivity index (χ1v) is 30.6. The Hall–Kier alpha value is -11.8. The van der Waals surface area contributed by atoms with Crippen LogP contribution in [0.5, 0.6) is 0 Å². The Labute approximate surface area is 517 Å². The van der Waals surface area contributed by atoms with E-state index in [0.717, 1.165) is 134 Å². The summed E-state index contributed by atoms with van der Waals surface area (Å²) in [4.78, 5) is 16.4. The summed E-state index contributed by atoms with van der Waals surface area (Å²) < 4.78 is 15.2. The largest absolute Gasteiger partial charge is 0.308 e. The van der Waals surface area contributed by atoms with Crippen LogP contribution >= 0.6 is 11.7 Å². The number of nitrogens with zero attached hydrogens (tertiary/aromatic N) is 8. The summed E-state index contributed by atoms with van der Waals surface area (Å²) in [6.07, 6.45) is 0. The lowest BCUT2D eigenvalue weighted by molar-refractivity contribution is 1.17. The Kier molecular flexibility index (Phi) is 12.5. The minimum atomic E-state index is 0.735. The summed E-state index contributed by atoms with van der Waals surface area (Å²) in [7, 11) is 0. The molecule has 0 unspecified atom stereocenters. The highest BCUT2D eigenvalue weighted by molar-refractivity contribution is 7.00. The van der Waals surface area contributed by atoms with E-state index in [1.54, 1.807) is 0 Å². The van der Waals surface area contributed by atoms with Crippen molar-refractivity contribution in [3.63, 3.8) is 0 Å². The number of rotatable bonds is 12. The van der Waals surface area contributed by atoms with Crippen molar-refractivity contribution in [2.75, 3.05) is 9.80 Å². The molecule has 17 rings (SSSR count). The fraction of sp³-hybridized carbons (Fsp3) is 0. The van der Waals surface area contributed by atoms with E-state index in [-0.39, 0.29) is 0 Å². The number of aromatic nitrogens is 6. The Morgan fingerprint density at radius 1 is 0.258 bits per heavy atom. The molecule has 13 aromatic carbocycles. The predicted molar refractivity (Wildman–Crippen MR) is 370 cm³/mol. The van der Waals surface area contributed by atoms with Crippen molar-refractivity contribution >= 4 is 112 Å². The summed E-state index contributed by atoms with van der Waals surface area (Å²) in [6.45, 7) is 0. The zero-order chi connectivity index (χ0) is 58.8. The van der Waals surface area contributed by atoms with Gasteiger partial charge in [-0.15, -0.1) is 0 Å². The van der Waals surface area contributed by atoms with Gasteiger partial charge in [0.2, 0.25) is 0 Å². The quantitative estimate of drug-likeness (QED) is 0.121. The Morgan fingerprint density at radius 2 is 0.584 bits per heavy atom. The van der Waals surface area contributed by atoms with E-state index in [0.29, 0.717) is 0 Å². The second kappa shape index (κ2) is 21.6. The molecule has 0 spiro atoms. The lowest BCUT2D eigenvalue weighted by atomic mass is 9.93. The molecule has 89 heavy (non-hydrogen) atoms. The maximum absolute atomic E-state index is 5.82. The molecule has 0 saturated carbocycles. The summed E-state index contributed by atoms with van der Waals surface area (Å²) >= 11 is 1.22. The van der Waals surface area contributed by atoms with Crippen molar-refractivity contribution in [2.24, 2.45) is 0 Å². The summed E-state index contributed by atoms with van der Waals surface area (Å²) in [5.74, 6) is 0. The SMILES string of the molecule is c1ccc(-c2nc3c(-c4ccc(N(c5ccccc5)c5cccc6c7ccccc7n(-c7ccccc7)c56)cc4)c4nsnc4c(-c4ccc(N(c5ccccc5)c5cccc6c7ccccc7n(-c7ccccc7)c56)cc4)c3nc2-c2ccccc2)cc1. The topological polar surface area (TPSA) is 67.9 Å². The van der Waals surface area contributed by atoms with Crippen LogP contribution in [0.3, 0.4) is 0 Å². The number of benzene rings is 13. The van der Waals surface area contributed by atoms with Crippen LogP contribution in [0.4, 0.5) is 34.1 Å². The van der Waals surface area contributed by atoms with Crippen molar-refractivity contribution in [3.8, 4) is 56.1 Å². The molecule has 0 radical (unpaired) electrons. The first-order chi connectivity index (χ1) is 44.2. The molecule has 17 aromatic rings. The summed E-state index contributed by atoms with van der Waals surface area (Å²) in [5.41, 5.74) is 23.0. The molecule has 418 valence electrons. The van der Waals surface area contributed by atoms with Gasteiger partial charge < -0.3 is 18.9 Å². The van der Waals surface area contributed by atoms with Gasteiger partial charge in [-0.3, -0.25) is 0 Å².